The smallest absolute Gasteiger partial charge is 0.258 e. The van der Waals surface area contributed by atoms with Gasteiger partial charge in [-0.2, -0.15) is 0 Å². The highest BCUT2D eigenvalue weighted by molar-refractivity contribution is 6.01. The predicted molar refractivity (Wildman–Crippen MR) is 103 cm³/mol. The topological polar surface area (TPSA) is 50.8 Å². The van der Waals surface area contributed by atoms with Crippen molar-refractivity contribution in [2.45, 2.75) is 32.5 Å². The van der Waals surface area contributed by atoms with E-state index in [0.717, 1.165) is 29.0 Å². The number of amides is 1. The quantitative estimate of drug-likeness (QED) is 0.761. The third-order valence-electron chi connectivity index (χ3n) is 4.76. The Labute approximate surface area is 154 Å². The second-order valence-electron chi connectivity index (χ2n) is 6.48. The third kappa shape index (κ3) is 3.68. The van der Waals surface area contributed by atoms with E-state index in [2.05, 4.69) is 19.2 Å². The van der Waals surface area contributed by atoms with Gasteiger partial charge in [0.15, 0.2) is 0 Å². The highest BCUT2D eigenvalue weighted by Gasteiger charge is 2.35. The van der Waals surface area contributed by atoms with E-state index in [1.807, 2.05) is 53.4 Å². The second-order valence-corrected chi connectivity index (χ2v) is 6.48. The number of benzene rings is 2. The summed E-state index contributed by atoms with van der Waals surface area (Å²) < 4.78 is 10.8. The van der Waals surface area contributed by atoms with Crippen LogP contribution in [0.4, 0.5) is 5.69 Å². The average Bonchev–Trinajstić information content (AvgIpc) is 2.68. The minimum Gasteiger partial charge on any atom is -0.491 e. The van der Waals surface area contributed by atoms with Gasteiger partial charge in [0, 0.05) is 18.8 Å². The molecule has 138 valence electrons. The van der Waals surface area contributed by atoms with Gasteiger partial charge in [0.2, 0.25) is 0 Å². The number of hydrogen-bond acceptors (Lipinski definition) is 4. The van der Waals surface area contributed by atoms with Crippen molar-refractivity contribution in [1.82, 2.24) is 4.90 Å². The van der Waals surface area contributed by atoms with E-state index in [1.165, 1.54) is 0 Å². The number of methoxy groups -OCH3 is 1. The molecular formula is C21H26N2O3. The minimum absolute atomic E-state index is 0.0596. The van der Waals surface area contributed by atoms with Crippen molar-refractivity contribution in [1.29, 1.82) is 0 Å². The SMILES string of the molecule is CCC(C)N1C(=O)c2ccccc2NC1c1cccc(OCCOC)c1. The molecule has 1 N–H and O–H groups in total. The Balaban J connectivity index is 1.94. The summed E-state index contributed by atoms with van der Waals surface area (Å²) in [7, 11) is 1.65. The van der Waals surface area contributed by atoms with Crippen LogP contribution < -0.4 is 10.1 Å². The van der Waals surface area contributed by atoms with Gasteiger partial charge in [-0.05, 0) is 43.2 Å². The van der Waals surface area contributed by atoms with E-state index in [4.69, 9.17) is 9.47 Å². The van der Waals surface area contributed by atoms with E-state index >= 15 is 0 Å². The van der Waals surface area contributed by atoms with Crippen molar-refractivity contribution in [3.05, 3.63) is 59.7 Å². The summed E-state index contributed by atoms with van der Waals surface area (Å²) in [5.41, 5.74) is 2.59. The molecule has 2 atom stereocenters. The fraction of sp³-hybridized carbons (Fsp3) is 0.381. The van der Waals surface area contributed by atoms with Gasteiger partial charge >= 0.3 is 0 Å². The van der Waals surface area contributed by atoms with Crippen molar-refractivity contribution in [3.63, 3.8) is 0 Å². The number of anilines is 1. The Morgan fingerprint density at radius 3 is 2.73 bits per heavy atom. The summed E-state index contributed by atoms with van der Waals surface area (Å²) in [5, 5.41) is 3.53. The van der Waals surface area contributed by atoms with Crippen molar-refractivity contribution in [3.8, 4) is 5.75 Å². The standard InChI is InChI=1S/C21H26N2O3/c1-4-15(2)23-20(22-19-11-6-5-10-18(19)21(23)24)16-8-7-9-17(14-16)26-13-12-25-3/h5-11,14-15,20,22H,4,12-13H2,1-3H3. The summed E-state index contributed by atoms with van der Waals surface area (Å²) in [6.07, 6.45) is 0.661. The number of rotatable bonds is 7. The molecule has 5 heteroatoms. The largest absolute Gasteiger partial charge is 0.491 e. The Morgan fingerprint density at radius 1 is 1.15 bits per heavy atom. The highest BCUT2D eigenvalue weighted by atomic mass is 16.5. The van der Waals surface area contributed by atoms with Gasteiger partial charge in [-0.3, -0.25) is 4.79 Å². The summed E-state index contributed by atoms with van der Waals surface area (Å²) in [6, 6.07) is 15.7. The van der Waals surface area contributed by atoms with Crippen molar-refractivity contribution >= 4 is 11.6 Å². The molecule has 3 rings (SSSR count). The van der Waals surface area contributed by atoms with Gasteiger partial charge in [0.05, 0.1) is 12.2 Å². The molecular weight excluding hydrogens is 328 g/mol. The van der Waals surface area contributed by atoms with Crippen LogP contribution in [0.5, 0.6) is 5.75 Å². The third-order valence-corrected chi connectivity index (χ3v) is 4.76. The lowest BCUT2D eigenvalue weighted by Crippen LogP contribution is -2.47. The van der Waals surface area contributed by atoms with E-state index in [9.17, 15) is 4.79 Å². The molecule has 0 aromatic heterocycles. The van der Waals surface area contributed by atoms with Crippen LogP contribution >= 0.6 is 0 Å². The van der Waals surface area contributed by atoms with E-state index < -0.39 is 0 Å². The molecule has 5 nitrogen and oxygen atoms in total. The summed E-state index contributed by atoms with van der Waals surface area (Å²) in [5.74, 6) is 0.834. The monoisotopic (exact) mass is 354 g/mol. The van der Waals surface area contributed by atoms with Crippen molar-refractivity contribution < 1.29 is 14.3 Å². The first kappa shape index (κ1) is 18.3. The molecule has 0 radical (unpaired) electrons. The number of hydrogen-bond donors (Lipinski definition) is 1. The summed E-state index contributed by atoms with van der Waals surface area (Å²) >= 11 is 0. The number of ether oxygens (including phenoxy) is 2. The van der Waals surface area contributed by atoms with E-state index in [1.54, 1.807) is 7.11 Å². The predicted octanol–water partition coefficient (Wildman–Crippen LogP) is 4.08. The molecule has 2 aromatic rings. The van der Waals surface area contributed by atoms with Gasteiger partial charge in [0.1, 0.15) is 18.5 Å². The van der Waals surface area contributed by atoms with Gasteiger partial charge in [0.25, 0.3) is 5.91 Å². The van der Waals surface area contributed by atoms with Crippen LogP contribution in [-0.4, -0.2) is 37.2 Å². The van der Waals surface area contributed by atoms with Crippen LogP contribution in [-0.2, 0) is 4.74 Å². The zero-order chi connectivity index (χ0) is 18.5. The first-order chi connectivity index (χ1) is 12.7. The number of nitrogens with one attached hydrogen (secondary N) is 1. The molecule has 0 fully saturated rings. The Bertz CT molecular complexity index is 762. The lowest BCUT2D eigenvalue weighted by molar-refractivity contribution is 0.0593. The lowest BCUT2D eigenvalue weighted by atomic mass is 10.0. The van der Waals surface area contributed by atoms with Gasteiger partial charge in [-0.1, -0.05) is 31.2 Å². The lowest BCUT2D eigenvalue weighted by Gasteiger charge is -2.41. The fourth-order valence-corrected chi connectivity index (χ4v) is 3.18. The van der Waals surface area contributed by atoms with Gasteiger partial charge in [-0.25, -0.2) is 0 Å². The molecule has 0 aliphatic carbocycles. The zero-order valence-corrected chi connectivity index (χ0v) is 15.6. The molecule has 26 heavy (non-hydrogen) atoms. The molecule has 2 aromatic carbocycles. The van der Waals surface area contributed by atoms with Crippen molar-refractivity contribution in [2.24, 2.45) is 0 Å². The van der Waals surface area contributed by atoms with E-state index in [0.29, 0.717) is 13.2 Å². The van der Waals surface area contributed by atoms with Crippen LogP contribution in [0, 0.1) is 0 Å². The number of nitrogens with zero attached hydrogens (tertiary/aromatic N) is 1. The van der Waals surface area contributed by atoms with Crippen LogP contribution in [0.15, 0.2) is 48.5 Å². The molecule has 0 saturated carbocycles. The molecule has 0 saturated heterocycles. The molecule has 0 bridgehead atoms. The van der Waals surface area contributed by atoms with Crippen LogP contribution in [0.3, 0.4) is 0 Å². The highest BCUT2D eigenvalue weighted by Crippen LogP contribution is 2.35. The van der Waals surface area contributed by atoms with Crippen LogP contribution in [0.1, 0.15) is 42.4 Å². The average molecular weight is 354 g/mol. The van der Waals surface area contributed by atoms with Crippen molar-refractivity contribution in [2.75, 3.05) is 25.6 Å². The summed E-state index contributed by atoms with van der Waals surface area (Å²) in [6.45, 7) is 5.21. The Hall–Kier alpha value is -2.53. The molecule has 2 unspecified atom stereocenters. The first-order valence-electron chi connectivity index (χ1n) is 9.05. The number of carbonyl (C=O) groups excluding carboxylic acids is 1. The minimum atomic E-state index is -0.224. The maximum Gasteiger partial charge on any atom is 0.258 e. The van der Waals surface area contributed by atoms with Gasteiger partial charge < -0.3 is 19.7 Å². The first-order valence-corrected chi connectivity index (χ1v) is 9.05. The maximum absolute atomic E-state index is 13.1. The fourth-order valence-electron chi connectivity index (χ4n) is 3.18. The van der Waals surface area contributed by atoms with Crippen LogP contribution in [0.25, 0.3) is 0 Å². The Morgan fingerprint density at radius 2 is 1.96 bits per heavy atom. The van der Waals surface area contributed by atoms with E-state index in [-0.39, 0.29) is 18.1 Å². The molecule has 1 amide bonds. The summed E-state index contributed by atoms with van der Waals surface area (Å²) in [4.78, 5) is 15.1. The number of para-hydroxylation sites is 1. The normalized spacial score (nSPS) is 17.4. The zero-order valence-electron chi connectivity index (χ0n) is 15.6. The van der Waals surface area contributed by atoms with Crippen LogP contribution in [0.2, 0.25) is 0 Å². The Kier molecular flexibility index (Phi) is 5.78. The molecule has 0 spiro atoms. The number of carbonyl (C=O) groups is 1. The molecule has 1 heterocycles. The number of fused-ring (bicyclic) bond motifs is 1. The molecule has 1 aliphatic rings. The second kappa shape index (κ2) is 8.23. The van der Waals surface area contributed by atoms with Gasteiger partial charge in [-0.15, -0.1) is 0 Å². The maximum atomic E-state index is 13.1. The molecule has 1 aliphatic heterocycles.